The molecule has 0 fully saturated rings. The largest absolute Gasteiger partial charge is 0.369 e. The summed E-state index contributed by atoms with van der Waals surface area (Å²) in [6, 6.07) is 6.82. The van der Waals surface area contributed by atoms with Crippen molar-refractivity contribution < 1.29 is 0 Å². The Hall–Kier alpha value is -0.670. The van der Waals surface area contributed by atoms with E-state index in [2.05, 4.69) is 10.3 Å². The number of pyridine rings is 1. The molecule has 1 N–H and O–H groups in total. The number of hydrogen-bond acceptors (Lipinski definition) is 2. The molecule has 0 aliphatic carbocycles. The molecule has 19 heavy (non-hydrogen) atoms. The Kier molecular flexibility index (Phi) is 4.80. The number of hydrogen-bond donors (Lipinski definition) is 1. The van der Waals surface area contributed by atoms with E-state index >= 15 is 0 Å². The number of rotatable bonds is 3. The Morgan fingerprint density at radius 2 is 1.74 bits per heavy atom. The lowest BCUT2D eigenvalue weighted by Crippen LogP contribution is -2.01. The van der Waals surface area contributed by atoms with Crippen LogP contribution in [0.1, 0.15) is 6.92 Å². The van der Waals surface area contributed by atoms with Crippen LogP contribution in [0, 0.1) is 0 Å². The van der Waals surface area contributed by atoms with Crippen LogP contribution in [0.5, 0.6) is 0 Å². The van der Waals surface area contributed by atoms with Crippen LogP contribution in [0.4, 0.5) is 5.82 Å². The van der Waals surface area contributed by atoms with Gasteiger partial charge in [0, 0.05) is 17.1 Å². The van der Waals surface area contributed by atoms with E-state index in [1.807, 2.05) is 6.92 Å². The van der Waals surface area contributed by atoms with Crippen LogP contribution in [0.25, 0.3) is 11.3 Å². The summed E-state index contributed by atoms with van der Waals surface area (Å²) >= 11 is 24.3. The molecule has 0 amide bonds. The van der Waals surface area contributed by atoms with Crippen LogP contribution in [0.2, 0.25) is 20.1 Å². The van der Waals surface area contributed by atoms with Gasteiger partial charge in [0.1, 0.15) is 5.82 Å². The van der Waals surface area contributed by atoms with E-state index in [1.165, 1.54) is 0 Å². The summed E-state index contributed by atoms with van der Waals surface area (Å²) in [5.74, 6) is 0.578. The quantitative estimate of drug-likeness (QED) is 0.767. The lowest BCUT2D eigenvalue weighted by atomic mass is 10.1. The van der Waals surface area contributed by atoms with Gasteiger partial charge in [0.15, 0.2) is 0 Å². The molecule has 0 atom stereocenters. The first-order valence-electron chi connectivity index (χ1n) is 5.58. The minimum atomic E-state index is 0.441. The molecule has 0 bridgehead atoms. The van der Waals surface area contributed by atoms with Gasteiger partial charge in [-0.15, -0.1) is 0 Å². The fourth-order valence-corrected chi connectivity index (χ4v) is 2.65. The summed E-state index contributed by atoms with van der Waals surface area (Å²) in [5.41, 5.74) is 1.29. The van der Waals surface area contributed by atoms with Crippen LogP contribution in [-0.2, 0) is 0 Å². The molecule has 1 heterocycles. The zero-order valence-electron chi connectivity index (χ0n) is 9.98. The first-order valence-corrected chi connectivity index (χ1v) is 7.09. The summed E-state index contributed by atoms with van der Waals surface area (Å²) in [4.78, 5) is 4.42. The first kappa shape index (κ1) is 14.7. The minimum absolute atomic E-state index is 0.441. The van der Waals surface area contributed by atoms with Gasteiger partial charge in [-0.2, -0.15) is 0 Å². The maximum absolute atomic E-state index is 6.18. The van der Waals surface area contributed by atoms with Crippen molar-refractivity contribution in [2.75, 3.05) is 11.9 Å². The van der Waals surface area contributed by atoms with Gasteiger partial charge in [0.05, 0.1) is 20.8 Å². The third kappa shape index (κ3) is 3.26. The third-order valence-corrected chi connectivity index (χ3v) is 3.58. The number of nitrogens with zero attached hydrogens (tertiary/aromatic N) is 1. The van der Waals surface area contributed by atoms with Crippen molar-refractivity contribution >= 4 is 52.2 Å². The Balaban J connectivity index is 2.58. The molecule has 6 heteroatoms. The standard InChI is InChI=1S/C13H10Cl4N2/c1-2-18-13-11(17)6-10(16)12(19-13)8-4-3-7(14)5-9(8)15/h3-6H,2H2,1H3,(H,18,19). The van der Waals surface area contributed by atoms with Crippen LogP contribution in [0.3, 0.4) is 0 Å². The van der Waals surface area contributed by atoms with E-state index in [-0.39, 0.29) is 0 Å². The zero-order valence-corrected chi connectivity index (χ0v) is 13.0. The Morgan fingerprint density at radius 1 is 1.00 bits per heavy atom. The normalized spacial score (nSPS) is 10.6. The fraction of sp³-hybridized carbons (Fsp3) is 0.154. The van der Waals surface area contributed by atoms with E-state index < -0.39 is 0 Å². The molecule has 0 spiro atoms. The topological polar surface area (TPSA) is 24.9 Å². The fourth-order valence-electron chi connectivity index (χ4n) is 1.63. The third-order valence-electron chi connectivity index (χ3n) is 2.46. The van der Waals surface area contributed by atoms with E-state index in [0.29, 0.717) is 43.7 Å². The van der Waals surface area contributed by atoms with E-state index in [4.69, 9.17) is 46.4 Å². The molecular formula is C13H10Cl4N2. The predicted molar refractivity (Wildman–Crippen MR) is 83.9 cm³/mol. The van der Waals surface area contributed by atoms with E-state index in [1.54, 1.807) is 24.3 Å². The molecule has 2 nitrogen and oxygen atoms in total. The van der Waals surface area contributed by atoms with Gasteiger partial charge in [-0.25, -0.2) is 4.98 Å². The number of nitrogens with one attached hydrogen (secondary N) is 1. The van der Waals surface area contributed by atoms with Gasteiger partial charge >= 0.3 is 0 Å². The Bertz CT molecular complexity index is 614. The average Bonchev–Trinajstić information content (AvgIpc) is 2.34. The zero-order chi connectivity index (χ0) is 14.0. The lowest BCUT2D eigenvalue weighted by Gasteiger charge is -2.11. The number of benzene rings is 1. The number of aromatic nitrogens is 1. The molecule has 0 aliphatic rings. The summed E-state index contributed by atoms with van der Waals surface area (Å²) in [7, 11) is 0. The molecule has 0 unspecified atom stereocenters. The lowest BCUT2D eigenvalue weighted by molar-refractivity contribution is 1.16. The average molecular weight is 336 g/mol. The van der Waals surface area contributed by atoms with Gasteiger partial charge in [-0.05, 0) is 31.2 Å². The Labute approximate surface area is 131 Å². The highest BCUT2D eigenvalue weighted by Gasteiger charge is 2.13. The molecule has 100 valence electrons. The minimum Gasteiger partial charge on any atom is -0.369 e. The van der Waals surface area contributed by atoms with Crippen LogP contribution >= 0.6 is 46.4 Å². The summed E-state index contributed by atoms with van der Waals surface area (Å²) in [6.07, 6.45) is 0. The maximum atomic E-state index is 6.18. The number of halogens is 4. The molecule has 0 radical (unpaired) electrons. The molecule has 0 saturated heterocycles. The van der Waals surface area contributed by atoms with Crippen molar-refractivity contribution in [3.05, 3.63) is 44.4 Å². The SMILES string of the molecule is CCNc1nc(-c2ccc(Cl)cc2Cl)c(Cl)cc1Cl. The van der Waals surface area contributed by atoms with Crippen molar-refractivity contribution in [1.29, 1.82) is 0 Å². The highest BCUT2D eigenvalue weighted by Crippen LogP contribution is 2.36. The molecule has 2 aromatic rings. The molecular weight excluding hydrogens is 326 g/mol. The van der Waals surface area contributed by atoms with Crippen LogP contribution in [0.15, 0.2) is 24.3 Å². The van der Waals surface area contributed by atoms with Gasteiger partial charge in [0.2, 0.25) is 0 Å². The maximum Gasteiger partial charge on any atom is 0.145 e. The Morgan fingerprint density at radius 3 is 2.37 bits per heavy atom. The van der Waals surface area contributed by atoms with Gasteiger partial charge in [-0.1, -0.05) is 46.4 Å². The second-order valence-electron chi connectivity index (χ2n) is 3.80. The van der Waals surface area contributed by atoms with Crippen molar-refractivity contribution in [2.24, 2.45) is 0 Å². The second kappa shape index (κ2) is 6.19. The molecule has 1 aromatic heterocycles. The van der Waals surface area contributed by atoms with Crippen molar-refractivity contribution in [2.45, 2.75) is 6.92 Å². The van der Waals surface area contributed by atoms with Crippen molar-refractivity contribution in [1.82, 2.24) is 4.98 Å². The van der Waals surface area contributed by atoms with Crippen LogP contribution < -0.4 is 5.32 Å². The predicted octanol–water partition coefficient (Wildman–Crippen LogP) is 5.79. The van der Waals surface area contributed by atoms with Crippen LogP contribution in [-0.4, -0.2) is 11.5 Å². The molecule has 0 saturated carbocycles. The smallest absolute Gasteiger partial charge is 0.145 e. The van der Waals surface area contributed by atoms with Gasteiger partial charge in [0.25, 0.3) is 0 Å². The molecule has 1 aromatic carbocycles. The second-order valence-corrected chi connectivity index (χ2v) is 5.46. The monoisotopic (exact) mass is 334 g/mol. The molecule has 0 aliphatic heterocycles. The van der Waals surface area contributed by atoms with Gasteiger partial charge < -0.3 is 5.32 Å². The number of anilines is 1. The molecule has 2 rings (SSSR count). The summed E-state index contributed by atoms with van der Waals surface area (Å²) < 4.78 is 0. The first-order chi connectivity index (χ1) is 9.02. The highest BCUT2D eigenvalue weighted by atomic mass is 35.5. The van der Waals surface area contributed by atoms with Crippen molar-refractivity contribution in [3.63, 3.8) is 0 Å². The van der Waals surface area contributed by atoms with Crippen molar-refractivity contribution in [3.8, 4) is 11.3 Å². The van der Waals surface area contributed by atoms with E-state index in [9.17, 15) is 0 Å². The highest BCUT2D eigenvalue weighted by molar-refractivity contribution is 6.39. The van der Waals surface area contributed by atoms with Gasteiger partial charge in [-0.3, -0.25) is 0 Å². The summed E-state index contributed by atoms with van der Waals surface area (Å²) in [5, 5.41) is 5.04. The summed E-state index contributed by atoms with van der Waals surface area (Å²) in [6.45, 7) is 2.67. The van der Waals surface area contributed by atoms with E-state index in [0.717, 1.165) is 0 Å².